The Balaban J connectivity index is 3.55. The van der Waals surface area contributed by atoms with E-state index in [-0.39, 0.29) is 16.2 Å². The number of carbonyl (C=O) groups is 1. The van der Waals surface area contributed by atoms with Gasteiger partial charge in [0, 0.05) is 6.26 Å². The van der Waals surface area contributed by atoms with Gasteiger partial charge in [0.1, 0.15) is 4.90 Å². The van der Waals surface area contributed by atoms with Gasteiger partial charge in [0.15, 0.2) is 21.3 Å². The van der Waals surface area contributed by atoms with Crippen molar-refractivity contribution in [2.75, 3.05) is 20.5 Å². The molecule has 0 amide bonds. The Bertz CT molecular complexity index is 546. The third-order valence-electron chi connectivity index (χ3n) is 2.08. The molecule has 0 aromatic heterocycles. The van der Waals surface area contributed by atoms with Gasteiger partial charge in [-0.05, 0) is 12.1 Å². The van der Waals surface area contributed by atoms with Gasteiger partial charge < -0.3 is 14.6 Å². The van der Waals surface area contributed by atoms with Gasteiger partial charge in [-0.1, -0.05) is 0 Å². The molecule has 1 N–H and O–H groups in total. The Morgan fingerprint density at radius 1 is 1.29 bits per heavy atom. The van der Waals surface area contributed by atoms with Crippen LogP contribution in [-0.2, 0) is 14.6 Å². The van der Waals surface area contributed by atoms with Crippen LogP contribution in [0.5, 0.6) is 11.5 Å². The summed E-state index contributed by atoms with van der Waals surface area (Å²) in [6, 6.07) is 2.24. The molecule has 0 saturated heterocycles. The van der Waals surface area contributed by atoms with E-state index in [1.807, 2.05) is 0 Å². The first-order valence-corrected chi connectivity index (χ1v) is 6.39. The van der Waals surface area contributed by atoms with Gasteiger partial charge in [-0.3, -0.25) is 0 Å². The fourth-order valence-electron chi connectivity index (χ4n) is 1.26. The fraction of sp³-hybridized carbons (Fsp3) is 0.300. The molecule has 1 rings (SSSR count). The van der Waals surface area contributed by atoms with Crippen molar-refractivity contribution in [3.63, 3.8) is 0 Å². The molecule has 0 aliphatic carbocycles. The van der Waals surface area contributed by atoms with Crippen LogP contribution in [0.25, 0.3) is 0 Å². The topological polar surface area (TPSA) is 89.9 Å². The number of rotatable bonds is 3. The third-order valence-corrected chi connectivity index (χ3v) is 3.19. The van der Waals surface area contributed by atoms with Crippen molar-refractivity contribution >= 4 is 15.8 Å². The summed E-state index contributed by atoms with van der Waals surface area (Å²) in [7, 11) is -1.25. The van der Waals surface area contributed by atoms with Gasteiger partial charge in [0.25, 0.3) is 0 Å². The molecule has 0 heterocycles. The van der Waals surface area contributed by atoms with Crippen LogP contribution in [0.2, 0.25) is 0 Å². The van der Waals surface area contributed by atoms with Gasteiger partial charge in [0.05, 0.1) is 19.8 Å². The van der Waals surface area contributed by atoms with Crippen LogP contribution in [0, 0.1) is 0 Å². The van der Waals surface area contributed by atoms with Gasteiger partial charge >= 0.3 is 5.97 Å². The summed E-state index contributed by atoms with van der Waals surface area (Å²) in [6.45, 7) is 0. The maximum Gasteiger partial charge on any atom is 0.338 e. The van der Waals surface area contributed by atoms with Crippen LogP contribution in [-0.4, -0.2) is 40.0 Å². The van der Waals surface area contributed by atoms with E-state index in [0.29, 0.717) is 0 Å². The third kappa shape index (κ3) is 2.68. The molecular formula is C10H12O6S. The molecule has 7 heteroatoms. The van der Waals surface area contributed by atoms with E-state index in [9.17, 15) is 18.3 Å². The van der Waals surface area contributed by atoms with E-state index in [2.05, 4.69) is 4.74 Å². The highest BCUT2D eigenvalue weighted by atomic mass is 32.2. The lowest BCUT2D eigenvalue weighted by Gasteiger charge is -2.09. The van der Waals surface area contributed by atoms with Gasteiger partial charge in [-0.25, -0.2) is 13.2 Å². The van der Waals surface area contributed by atoms with Crippen molar-refractivity contribution in [3.05, 3.63) is 17.7 Å². The monoisotopic (exact) mass is 260 g/mol. The first kappa shape index (κ1) is 13.3. The van der Waals surface area contributed by atoms with Crippen LogP contribution in [0.1, 0.15) is 10.4 Å². The normalized spacial score (nSPS) is 11.0. The maximum atomic E-state index is 11.4. The molecular weight excluding hydrogens is 248 g/mol. The molecule has 0 radical (unpaired) electrons. The average molecular weight is 260 g/mol. The van der Waals surface area contributed by atoms with Crippen LogP contribution in [0.15, 0.2) is 17.0 Å². The first-order chi connectivity index (χ1) is 7.81. The second-order valence-electron chi connectivity index (χ2n) is 3.29. The van der Waals surface area contributed by atoms with Crippen molar-refractivity contribution < 1.29 is 27.8 Å². The summed E-state index contributed by atoms with van der Waals surface area (Å²) >= 11 is 0. The van der Waals surface area contributed by atoms with Crippen LogP contribution in [0.4, 0.5) is 0 Å². The first-order valence-electron chi connectivity index (χ1n) is 4.50. The SMILES string of the molecule is COC(=O)c1cc(OC)c(O)c(S(C)(=O)=O)c1. The number of hydrogen-bond donors (Lipinski definition) is 1. The number of sulfone groups is 1. The summed E-state index contributed by atoms with van der Waals surface area (Å²) in [5, 5.41) is 9.65. The Morgan fingerprint density at radius 2 is 1.88 bits per heavy atom. The van der Waals surface area contributed by atoms with Crippen molar-refractivity contribution in [2.24, 2.45) is 0 Å². The highest BCUT2D eigenvalue weighted by molar-refractivity contribution is 7.90. The summed E-state index contributed by atoms with van der Waals surface area (Å²) in [5.41, 5.74) is -0.0115. The van der Waals surface area contributed by atoms with Crippen LogP contribution < -0.4 is 4.74 Å². The van der Waals surface area contributed by atoms with E-state index in [1.54, 1.807) is 0 Å². The predicted molar refractivity (Wildman–Crippen MR) is 59.1 cm³/mol. The number of aromatic hydroxyl groups is 1. The molecule has 0 aliphatic rings. The van der Waals surface area contributed by atoms with E-state index in [1.165, 1.54) is 20.3 Å². The zero-order valence-corrected chi connectivity index (χ0v) is 10.4. The van der Waals surface area contributed by atoms with Gasteiger partial charge in [-0.15, -0.1) is 0 Å². The maximum absolute atomic E-state index is 11.4. The minimum atomic E-state index is -3.67. The lowest BCUT2D eigenvalue weighted by molar-refractivity contribution is 0.0600. The van der Waals surface area contributed by atoms with E-state index in [0.717, 1.165) is 12.3 Å². The Hall–Kier alpha value is -1.76. The number of esters is 1. The lowest BCUT2D eigenvalue weighted by Crippen LogP contribution is -2.06. The molecule has 0 aliphatic heterocycles. The zero-order valence-electron chi connectivity index (χ0n) is 9.55. The number of phenols is 1. The number of methoxy groups -OCH3 is 2. The summed E-state index contributed by atoms with van der Waals surface area (Å²) < 4.78 is 32.1. The van der Waals surface area contributed by atoms with Gasteiger partial charge in [-0.2, -0.15) is 0 Å². The number of benzene rings is 1. The number of hydrogen-bond acceptors (Lipinski definition) is 6. The standard InChI is InChI=1S/C10H12O6S/c1-15-7-4-6(10(12)16-2)5-8(9(7)11)17(3,13)14/h4-5,11H,1-3H3. The zero-order chi connectivity index (χ0) is 13.2. The lowest BCUT2D eigenvalue weighted by atomic mass is 10.2. The molecule has 1 aromatic rings. The van der Waals surface area contributed by atoms with Crippen molar-refractivity contribution in [2.45, 2.75) is 4.90 Å². The Labute approximate surface area is 98.7 Å². The highest BCUT2D eigenvalue weighted by Gasteiger charge is 2.21. The minimum Gasteiger partial charge on any atom is -0.503 e. The molecule has 0 fully saturated rings. The molecule has 0 atom stereocenters. The number of carbonyl (C=O) groups excluding carboxylic acids is 1. The highest BCUT2D eigenvalue weighted by Crippen LogP contribution is 2.34. The second kappa shape index (κ2) is 4.62. The molecule has 0 spiro atoms. The van der Waals surface area contributed by atoms with E-state index < -0.39 is 21.6 Å². The molecule has 1 aromatic carbocycles. The molecule has 6 nitrogen and oxygen atoms in total. The smallest absolute Gasteiger partial charge is 0.338 e. The minimum absolute atomic E-state index is 0.0115. The largest absolute Gasteiger partial charge is 0.503 e. The Kier molecular flexibility index (Phi) is 3.62. The quantitative estimate of drug-likeness (QED) is 0.800. The molecule has 0 saturated carbocycles. The van der Waals surface area contributed by atoms with Crippen molar-refractivity contribution in [3.8, 4) is 11.5 Å². The summed E-state index contributed by atoms with van der Waals surface area (Å²) in [4.78, 5) is 10.9. The van der Waals surface area contributed by atoms with Crippen LogP contribution in [0.3, 0.4) is 0 Å². The van der Waals surface area contributed by atoms with Crippen molar-refractivity contribution in [1.29, 1.82) is 0 Å². The molecule has 0 bridgehead atoms. The van der Waals surface area contributed by atoms with E-state index >= 15 is 0 Å². The number of phenolic OH excluding ortho intramolecular Hbond substituents is 1. The van der Waals surface area contributed by atoms with Crippen molar-refractivity contribution in [1.82, 2.24) is 0 Å². The summed E-state index contributed by atoms with van der Waals surface area (Å²) in [5.74, 6) is -1.34. The molecule has 0 unspecified atom stereocenters. The average Bonchev–Trinajstić information content (AvgIpc) is 2.26. The predicted octanol–water partition coefficient (Wildman–Crippen LogP) is 0.591. The molecule has 17 heavy (non-hydrogen) atoms. The number of ether oxygens (including phenoxy) is 2. The van der Waals surface area contributed by atoms with Crippen LogP contribution >= 0.6 is 0 Å². The fourth-order valence-corrected chi connectivity index (χ4v) is 2.05. The second-order valence-corrected chi connectivity index (χ2v) is 5.27. The summed E-state index contributed by atoms with van der Waals surface area (Å²) in [6.07, 6.45) is 0.919. The van der Waals surface area contributed by atoms with E-state index in [4.69, 9.17) is 4.74 Å². The Morgan fingerprint density at radius 3 is 2.29 bits per heavy atom. The van der Waals surface area contributed by atoms with Gasteiger partial charge in [0.2, 0.25) is 0 Å². The molecule has 94 valence electrons.